The van der Waals surface area contributed by atoms with Crippen molar-refractivity contribution in [2.75, 3.05) is 0 Å². The predicted octanol–water partition coefficient (Wildman–Crippen LogP) is 1.20. The van der Waals surface area contributed by atoms with Crippen molar-refractivity contribution in [1.82, 2.24) is 5.32 Å². The van der Waals surface area contributed by atoms with E-state index in [9.17, 15) is 14.0 Å². The van der Waals surface area contributed by atoms with Gasteiger partial charge in [0.25, 0.3) is 0 Å². The Morgan fingerprint density at radius 2 is 2.36 bits per heavy atom. The van der Waals surface area contributed by atoms with Gasteiger partial charge in [-0.25, -0.2) is 4.39 Å². The second kappa shape index (κ2) is 6.87. The summed E-state index contributed by atoms with van der Waals surface area (Å²) in [5.74, 6) is 0.423. The Morgan fingerprint density at radius 1 is 1.59 bits per heavy atom. The van der Waals surface area contributed by atoms with Crippen LogP contribution in [0.5, 0.6) is 0 Å². The van der Waals surface area contributed by atoms with E-state index in [0.717, 1.165) is 11.8 Å². The van der Waals surface area contributed by atoms with Gasteiger partial charge in [-0.1, -0.05) is 17.7 Å². The van der Waals surface area contributed by atoms with Crippen molar-refractivity contribution in [1.29, 1.82) is 0 Å². The Kier molecular flexibility index (Phi) is 4.91. The lowest BCUT2D eigenvalue weighted by Gasteiger charge is -1.98. The number of amides is 1. The molecule has 1 amide bonds. The molecule has 1 unspecified atom stereocenters. The second-order valence-corrected chi connectivity index (χ2v) is 5.41. The molecule has 1 aliphatic heterocycles. The molecular weight excluding hydrogens is 309 g/mol. The Labute approximate surface area is 129 Å². The van der Waals surface area contributed by atoms with Crippen molar-refractivity contribution in [3.63, 3.8) is 0 Å². The largest absolute Gasteiger partial charge is 0.481 e. The third-order valence-corrected chi connectivity index (χ3v) is 3.72. The number of carboxylic acids is 1. The van der Waals surface area contributed by atoms with Crippen LogP contribution in [0.1, 0.15) is 17.5 Å². The van der Waals surface area contributed by atoms with Crippen LogP contribution in [0.2, 0.25) is 0 Å². The van der Waals surface area contributed by atoms with E-state index in [4.69, 9.17) is 11.5 Å². The SMILES string of the molecule is C#Cc1ccc(F)cc1C=NN=C1NC(=O)C(CC(=O)O)S1. The molecule has 0 radical (unpaired) electrons. The van der Waals surface area contributed by atoms with E-state index in [-0.39, 0.29) is 11.6 Å². The molecule has 1 aromatic carbocycles. The average molecular weight is 319 g/mol. The summed E-state index contributed by atoms with van der Waals surface area (Å²) in [6.45, 7) is 0. The first-order chi connectivity index (χ1) is 10.5. The maximum atomic E-state index is 13.2. The van der Waals surface area contributed by atoms with Gasteiger partial charge >= 0.3 is 5.97 Å². The van der Waals surface area contributed by atoms with Crippen LogP contribution in [0.4, 0.5) is 4.39 Å². The Morgan fingerprint density at radius 3 is 3.05 bits per heavy atom. The van der Waals surface area contributed by atoms with E-state index >= 15 is 0 Å². The zero-order valence-corrected chi connectivity index (χ0v) is 11.9. The van der Waals surface area contributed by atoms with E-state index in [0.29, 0.717) is 11.1 Å². The fourth-order valence-corrected chi connectivity index (χ4v) is 2.58. The molecule has 1 aliphatic rings. The highest BCUT2D eigenvalue weighted by Gasteiger charge is 2.32. The number of hydrogen-bond donors (Lipinski definition) is 2. The summed E-state index contributed by atoms with van der Waals surface area (Å²) < 4.78 is 13.2. The number of amidine groups is 1. The molecular formula is C14H10FN3O3S. The molecule has 1 fully saturated rings. The topological polar surface area (TPSA) is 91.1 Å². The van der Waals surface area contributed by atoms with E-state index in [1.165, 1.54) is 24.4 Å². The number of thioether (sulfide) groups is 1. The summed E-state index contributed by atoms with van der Waals surface area (Å²) in [4.78, 5) is 22.1. The third-order valence-electron chi connectivity index (χ3n) is 2.65. The van der Waals surface area contributed by atoms with E-state index in [1.54, 1.807) is 0 Å². The third kappa shape index (κ3) is 3.93. The van der Waals surface area contributed by atoms with Crippen molar-refractivity contribution in [2.45, 2.75) is 11.7 Å². The first kappa shape index (κ1) is 15.7. The summed E-state index contributed by atoms with van der Waals surface area (Å²) in [5, 5.41) is 18.0. The Balaban J connectivity index is 2.10. The number of rotatable bonds is 4. The molecule has 1 heterocycles. The lowest BCUT2D eigenvalue weighted by atomic mass is 10.1. The number of benzene rings is 1. The maximum Gasteiger partial charge on any atom is 0.305 e. The fraction of sp³-hybridized carbons (Fsp3) is 0.143. The minimum Gasteiger partial charge on any atom is -0.481 e. The summed E-state index contributed by atoms with van der Waals surface area (Å²) in [5.41, 5.74) is 0.834. The maximum absolute atomic E-state index is 13.2. The van der Waals surface area contributed by atoms with Gasteiger partial charge in [-0.15, -0.1) is 11.5 Å². The number of aliphatic carboxylic acids is 1. The first-order valence-electron chi connectivity index (χ1n) is 6.06. The van der Waals surface area contributed by atoms with Crippen molar-refractivity contribution < 1.29 is 19.1 Å². The quantitative estimate of drug-likeness (QED) is 0.496. The molecule has 6 nitrogen and oxygen atoms in total. The van der Waals surface area contributed by atoms with E-state index in [2.05, 4.69) is 21.4 Å². The molecule has 0 bridgehead atoms. The minimum absolute atomic E-state index is 0.186. The second-order valence-electron chi connectivity index (χ2n) is 4.22. The van der Waals surface area contributed by atoms with Crippen LogP contribution >= 0.6 is 11.8 Å². The monoisotopic (exact) mass is 319 g/mol. The Bertz CT molecular complexity index is 725. The number of hydrogen-bond acceptors (Lipinski definition) is 5. The van der Waals surface area contributed by atoms with Crippen LogP contribution in [-0.2, 0) is 9.59 Å². The number of carbonyl (C=O) groups is 2. The normalized spacial score (nSPS) is 19.4. The zero-order valence-electron chi connectivity index (χ0n) is 11.1. The number of nitrogens with one attached hydrogen (secondary N) is 1. The van der Waals surface area contributed by atoms with Crippen molar-refractivity contribution in [2.24, 2.45) is 10.2 Å². The lowest BCUT2D eigenvalue weighted by molar-refractivity contribution is -0.138. The smallest absolute Gasteiger partial charge is 0.305 e. The van der Waals surface area contributed by atoms with Crippen molar-refractivity contribution >= 4 is 35.0 Å². The van der Waals surface area contributed by atoms with Gasteiger partial charge in [-0.05, 0) is 18.2 Å². The average Bonchev–Trinajstić information content (AvgIpc) is 2.78. The summed E-state index contributed by atoms with van der Waals surface area (Å²) in [6, 6.07) is 3.90. The van der Waals surface area contributed by atoms with Crippen molar-refractivity contribution in [3.8, 4) is 12.3 Å². The van der Waals surface area contributed by atoms with Crippen LogP contribution in [0.25, 0.3) is 0 Å². The highest BCUT2D eigenvalue weighted by atomic mass is 32.2. The van der Waals surface area contributed by atoms with Gasteiger partial charge in [0.1, 0.15) is 11.1 Å². The highest BCUT2D eigenvalue weighted by molar-refractivity contribution is 8.15. The van der Waals surface area contributed by atoms with Gasteiger partial charge in [0.15, 0.2) is 5.17 Å². The lowest BCUT2D eigenvalue weighted by Crippen LogP contribution is -2.26. The molecule has 1 aromatic rings. The summed E-state index contributed by atoms with van der Waals surface area (Å²) in [7, 11) is 0. The molecule has 0 aliphatic carbocycles. The van der Waals surface area contributed by atoms with Gasteiger partial charge in [0.2, 0.25) is 5.91 Å². The van der Waals surface area contributed by atoms with Gasteiger partial charge in [0.05, 0.1) is 12.6 Å². The van der Waals surface area contributed by atoms with E-state index in [1.807, 2.05) is 0 Å². The number of carbonyl (C=O) groups excluding carboxylic acids is 1. The first-order valence-corrected chi connectivity index (χ1v) is 6.94. The van der Waals surface area contributed by atoms with Gasteiger partial charge in [0, 0.05) is 11.1 Å². The molecule has 2 rings (SSSR count). The zero-order chi connectivity index (χ0) is 16.1. The molecule has 0 spiro atoms. The minimum atomic E-state index is -1.07. The predicted molar refractivity (Wildman–Crippen MR) is 81.1 cm³/mol. The van der Waals surface area contributed by atoms with Gasteiger partial charge < -0.3 is 10.4 Å². The number of nitrogens with zero attached hydrogens (tertiary/aromatic N) is 2. The van der Waals surface area contributed by atoms with Crippen molar-refractivity contribution in [3.05, 3.63) is 35.1 Å². The van der Waals surface area contributed by atoms with Gasteiger partial charge in [-0.2, -0.15) is 5.10 Å². The standard InChI is InChI=1S/C14H10FN3O3S/c1-2-8-3-4-10(15)5-9(8)7-16-18-14-17-13(21)11(22-14)6-12(19)20/h1,3-5,7,11H,6H2,(H,19,20)(H,17,18,21). The highest BCUT2D eigenvalue weighted by Crippen LogP contribution is 2.22. The molecule has 1 saturated heterocycles. The number of halogens is 1. The molecule has 0 aromatic heterocycles. The molecule has 8 heteroatoms. The Hall–Kier alpha value is -2.66. The van der Waals surface area contributed by atoms with Crippen LogP contribution < -0.4 is 5.32 Å². The van der Waals surface area contributed by atoms with Crippen LogP contribution in [0.15, 0.2) is 28.4 Å². The summed E-state index contributed by atoms with van der Waals surface area (Å²) in [6.07, 6.45) is 6.26. The molecule has 1 atom stereocenters. The van der Waals surface area contributed by atoms with Crippen LogP contribution in [-0.4, -0.2) is 33.6 Å². The number of carboxylic acid groups (broad SMARTS) is 1. The van der Waals surface area contributed by atoms with Gasteiger partial charge in [-0.3, -0.25) is 9.59 Å². The summed E-state index contributed by atoms with van der Waals surface area (Å²) >= 11 is 0.976. The van der Waals surface area contributed by atoms with E-state index < -0.39 is 22.9 Å². The molecule has 0 saturated carbocycles. The van der Waals surface area contributed by atoms with Crippen LogP contribution in [0, 0.1) is 18.2 Å². The molecule has 2 N–H and O–H groups in total. The molecule has 112 valence electrons. The number of terminal acetylenes is 1. The molecule has 22 heavy (non-hydrogen) atoms. The van der Waals surface area contributed by atoms with Crippen LogP contribution in [0.3, 0.4) is 0 Å². The fourth-order valence-electron chi connectivity index (χ4n) is 1.66.